The highest BCUT2D eigenvalue weighted by molar-refractivity contribution is 5.78. The van der Waals surface area contributed by atoms with Crippen molar-refractivity contribution >= 4 is 11.1 Å². The zero-order valence-electron chi connectivity index (χ0n) is 13.0. The second-order valence-corrected chi connectivity index (χ2v) is 5.64. The minimum absolute atomic E-state index is 0.427. The largest absolute Gasteiger partial charge is 0.417 e. The first-order valence-corrected chi connectivity index (χ1v) is 7.89. The summed E-state index contributed by atoms with van der Waals surface area (Å²) in [7, 11) is 0. The highest BCUT2D eigenvalue weighted by Crippen LogP contribution is 2.25. The van der Waals surface area contributed by atoms with E-state index in [2.05, 4.69) is 23.5 Å². The van der Waals surface area contributed by atoms with E-state index < -0.39 is 5.76 Å². The van der Waals surface area contributed by atoms with Crippen molar-refractivity contribution in [2.75, 3.05) is 0 Å². The molecule has 3 rings (SSSR count). The van der Waals surface area contributed by atoms with Crippen molar-refractivity contribution < 1.29 is 4.42 Å². The molecule has 22 heavy (non-hydrogen) atoms. The van der Waals surface area contributed by atoms with Crippen molar-refractivity contribution in [2.24, 2.45) is 0 Å². The average molecular weight is 299 g/mol. The Labute approximate surface area is 129 Å². The first-order chi connectivity index (χ1) is 10.7. The summed E-state index contributed by atoms with van der Waals surface area (Å²) in [4.78, 5) is 13.9. The number of benzene rings is 1. The van der Waals surface area contributed by atoms with Gasteiger partial charge >= 0.3 is 5.76 Å². The smallest absolute Gasteiger partial charge is 0.408 e. The first-order valence-electron chi connectivity index (χ1n) is 7.89. The summed E-state index contributed by atoms with van der Waals surface area (Å²) in [5.74, 6) is -0.427. The number of hydrogen-bond acceptors (Lipinski definition) is 3. The Bertz CT molecular complexity index is 807. The number of aromatic amines is 1. The second kappa shape index (κ2) is 6.22. The number of nitrogens with zero attached hydrogens (tertiary/aromatic N) is 2. The van der Waals surface area contributed by atoms with Gasteiger partial charge in [-0.1, -0.05) is 32.8 Å². The highest BCUT2D eigenvalue weighted by Gasteiger charge is 2.12. The molecule has 0 aliphatic carbocycles. The van der Waals surface area contributed by atoms with Crippen LogP contribution in [0, 0.1) is 0 Å². The van der Waals surface area contributed by atoms with E-state index in [0.29, 0.717) is 17.1 Å². The van der Waals surface area contributed by atoms with Gasteiger partial charge in [-0.15, -0.1) is 0 Å². The molecule has 0 bridgehead atoms. The third kappa shape index (κ3) is 2.84. The topological polar surface area (TPSA) is 63.8 Å². The minimum atomic E-state index is -0.427. The van der Waals surface area contributed by atoms with Gasteiger partial charge in [0.15, 0.2) is 5.58 Å². The standard InChI is InChI=1S/C17H21N3O2/c1-3-5-13(6-4-2)20-10-9-14(19-20)12-7-8-15-16(11-12)22-17(21)18-15/h7-11,13H,3-6H2,1-2H3,(H,18,21). The molecule has 0 saturated carbocycles. The van der Waals surface area contributed by atoms with Gasteiger partial charge in [0.2, 0.25) is 0 Å². The average Bonchev–Trinajstić information content (AvgIpc) is 3.11. The van der Waals surface area contributed by atoms with Gasteiger partial charge in [-0.2, -0.15) is 5.10 Å². The third-order valence-electron chi connectivity index (χ3n) is 3.94. The molecule has 0 saturated heterocycles. The van der Waals surface area contributed by atoms with Crippen LogP contribution in [0.4, 0.5) is 0 Å². The lowest BCUT2D eigenvalue weighted by Gasteiger charge is -2.15. The molecule has 0 atom stereocenters. The number of H-pyrrole nitrogens is 1. The van der Waals surface area contributed by atoms with Gasteiger partial charge in [-0.25, -0.2) is 4.79 Å². The van der Waals surface area contributed by atoms with Crippen LogP contribution in [0.2, 0.25) is 0 Å². The van der Waals surface area contributed by atoms with E-state index in [9.17, 15) is 4.79 Å². The van der Waals surface area contributed by atoms with Gasteiger partial charge in [0.05, 0.1) is 17.3 Å². The van der Waals surface area contributed by atoms with Gasteiger partial charge in [0, 0.05) is 11.8 Å². The lowest BCUT2D eigenvalue weighted by Crippen LogP contribution is -2.09. The van der Waals surface area contributed by atoms with Gasteiger partial charge in [-0.05, 0) is 31.0 Å². The van der Waals surface area contributed by atoms with Crippen molar-refractivity contribution in [3.63, 3.8) is 0 Å². The summed E-state index contributed by atoms with van der Waals surface area (Å²) in [6, 6.07) is 8.13. The van der Waals surface area contributed by atoms with Crippen LogP contribution in [0.25, 0.3) is 22.4 Å². The monoisotopic (exact) mass is 299 g/mol. The molecule has 5 heteroatoms. The fourth-order valence-electron chi connectivity index (χ4n) is 2.88. The number of oxazole rings is 1. The molecule has 2 aromatic heterocycles. The van der Waals surface area contributed by atoms with Crippen molar-refractivity contribution in [2.45, 2.75) is 45.6 Å². The summed E-state index contributed by atoms with van der Waals surface area (Å²) in [6.45, 7) is 4.41. The molecule has 0 aliphatic heterocycles. The molecular weight excluding hydrogens is 278 g/mol. The van der Waals surface area contributed by atoms with E-state index >= 15 is 0 Å². The molecule has 1 N–H and O–H groups in total. The molecule has 0 radical (unpaired) electrons. The summed E-state index contributed by atoms with van der Waals surface area (Å²) >= 11 is 0. The number of hydrogen-bond donors (Lipinski definition) is 1. The van der Waals surface area contributed by atoms with E-state index in [0.717, 1.165) is 36.9 Å². The molecular formula is C17H21N3O2. The molecule has 116 valence electrons. The van der Waals surface area contributed by atoms with Crippen molar-refractivity contribution in [1.82, 2.24) is 14.8 Å². The summed E-state index contributed by atoms with van der Waals surface area (Å²) in [5.41, 5.74) is 3.14. The zero-order valence-corrected chi connectivity index (χ0v) is 13.0. The predicted octanol–water partition coefficient (Wildman–Crippen LogP) is 4.13. The molecule has 2 heterocycles. The maximum absolute atomic E-state index is 11.2. The summed E-state index contributed by atoms with van der Waals surface area (Å²) < 4.78 is 7.19. The Kier molecular flexibility index (Phi) is 4.13. The van der Waals surface area contributed by atoms with Crippen LogP contribution in [0.1, 0.15) is 45.6 Å². The van der Waals surface area contributed by atoms with Crippen LogP contribution in [0.3, 0.4) is 0 Å². The molecule has 0 amide bonds. The first kappa shape index (κ1) is 14.6. The maximum atomic E-state index is 11.2. The molecule has 0 fully saturated rings. The Hall–Kier alpha value is -2.30. The molecule has 0 spiro atoms. The van der Waals surface area contributed by atoms with Gasteiger partial charge in [0.25, 0.3) is 0 Å². The number of aromatic nitrogens is 3. The third-order valence-corrected chi connectivity index (χ3v) is 3.94. The fourth-order valence-corrected chi connectivity index (χ4v) is 2.88. The lowest BCUT2D eigenvalue weighted by molar-refractivity contribution is 0.392. The Morgan fingerprint density at radius 3 is 2.73 bits per heavy atom. The number of fused-ring (bicyclic) bond motifs is 1. The van der Waals surface area contributed by atoms with Crippen molar-refractivity contribution in [3.05, 3.63) is 41.0 Å². The second-order valence-electron chi connectivity index (χ2n) is 5.64. The Morgan fingerprint density at radius 2 is 2.00 bits per heavy atom. The zero-order chi connectivity index (χ0) is 15.5. The van der Waals surface area contributed by atoms with E-state index in [1.165, 1.54) is 0 Å². The van der Waals surface area contributed by atoms with E-state index in [-0.39, 0.29) is 0 Å². The van der Waals surface area contributed by atoms with Gasteiger partial charge < -0.3 is 4.42 Å². The minimum Gasteiger partial charge on any atom is -0.408 e. The van der Waals surface area contributed by atoms with E-state index in [1.807, 2.05) is 30.5 Å². The van der Waals surface area contributed by atoms with E-state index in [4.69, 9.17) is 9.52 Å². The fraction of sp³-hybridized carbons (Fsp3) is 0.412. The van der Waals surface area contributed by atoms with E-state index in [1.54, 1.807) is 0 Å². The maximum Gasteiger partial charge on any atom is 0.417 e. The molecule has 0 unspecified atom stereocenters. The van der Waals surface area contributed by atoms with Crippen LogP contribution >= 0.6 is 0 Å². The van der Waals surface area contributed by atoms with Crippen molar-refractivity contribution in [3.8, 4) is 11.3 Å². The van der Waals surface area contributed by atoms with Crippen LogP contribution < -0.4 is 5.76 Å². The van der Waals surface area contributed by atoms with Crippen LogP contribution in [-0.4, -0.2) is 14.8 Å². The van der Waals surface area contributed by atoms with Crippen LogP contribution in [0.15, 0.2) is 39.7 Å². The lowest BCUT2D eigenvalue weighted by atomic mass is 10.1. The Morgan fingerprint density at radius 1 is 1.23 bits per heavy atom. The molecule has 1 aromatic carbocycles. The summed E-state index contributed by atoms with van der Waals surface area (Å²) in [6.07, 6.45) is 6.63. The normalized spacial score (nSPS) is 11.6. The molecule has 5 nitrogen and oxygen atoms in total. The molecule has 0 aliphatic rings. The number of rotatable bonds is 6. The van der Waals surface area contributed by atoms with Crippen LogP contribution in [-0.2, 0) is 0 Å². The predicted molar refractivity (Wildman–Crippen MR) is 86.9 cm³/mol. The highest BCUT2D eigenvalue weighted by atomic mass is 16.4. The van der Waals surface area contributed by atoms with Gasteiger partial charge in [-0.3, -0.25) is 9.67 Å². The SMILES string of the molecule is CCCC(CCC)n1ccc(-c2ccc3[nH]c(=O)oc3c2)n1. The van der Waals surface area contributed by atoms with Gasteiger partial charge in [0.1, 0.15) is 0 Å². The number of nitrogens with one attached hydrogen (secondary N) is 1. The van der Waals surface area contributed by atoms with Crippen molar-refractivity contribution in [1.29, 1.82) is 0 Å². The summed E-state index contributed by atoms with van der Waals surface area (Å²) in [5, 5.41) is 4.72. The van der Waals surface area contributed by atoms with Crippen LogP contribution in [0.5, 0.6) is 0 Å². The quantitative estimate of drug-likeness (QED) is 0.744. The molecule has 3 aromatic rings. The Balaban J connectivity index is 1.92.